The standard InChI is InChI=1S/C14H15BrClN3O/c1-3-5-9-12(15)13(17)19-14(18-9)11-8(16)6-4-7-10(11)20-2/h4,6-7H,3,5H2,1-2H3,(H2,17,18,19). The predicted octanol–water partition coefficient (Wildman–Crippen LogP) is 4.10. The summed E-state index contributed by atoms with van der Waals surface area (Å²) in [5.74, 6) is 1.51. The lowest BCUT2D eigenvalue weighted by atomic mass is 10.1. The van der Waals surface area contributed by atoms with Gasteiger partial charge >= 0.3 is 0 Å². The Labute approximate surface area is 131 Å². The summed E-state index contributed by atoms with van der Waals surface area (Å²) in [6.45, 7) is 2.08. The van der Waals surface area contributed by atoms with E-state index < -0.39 is 0 Å². The fraction of sp³-hybridized carbons (Fsp3) is 0.286. The van der Waals surface area contributed by atoms with E-state index in [-0.39, 0.29) is 0 Å². The zero-order chi connectivity index (χ0) is 14.7. The Kier molecular flexibility index (Phi) is 4.83. The molecule has 1 heterocycles. The van der Waals surface area contributed by atoms with Crippen molar-refractivity contribution in [2.24, 2.45) is 0 Å². The summed E-state index contributed by atoms with van der Waals surface area (Å²) in [7, 11) is 1.59. The number of nitrogens with two attached hydrogens (primary N) is 1. The molecule has 0 spiro atoms. The van der Waals surface area contributed by atoms with Gasteiger partial charge in [0.05, 0.1) is 27.9 Å². The SMILES string of the molecule is CCCc1nc(-c2c(Cl)cccc2OC)nc(N)c1Br. The minimum absolute atomic E-state index is 0.403. The van der Waals surface area contributed by atoms with E-state index in [1.807, 2.05) is 12.1 Å². The van der Waals surface area contributed by atoms with Gasteiger partial charge < -0.3 is 10.5 Å². The number of hydrogen-bond donors (Lipinski definition) is 1. The van der Waals surface area contributed by atoms with Gasteiger partial charge in [0.1, 0.15) is 11.6 Å². The van der Waals surface area contributed by atoms with Gasteiger partial charge in [-0.1, -0.05) is 31.0 Å². The normalized spacial score (nSPS) is 10.6. The van der Waals surface area contributed by atoms with E-state index in [4.69, 9.17) is 22.1 Å². The Bertz CT molecular complexity index is 634. The molecule has 2 aromatic rings. The number of aryl methyl sites for hydroxylation is 1. The molecule has 0 aliphatic rings. The molecule has 0 amide bonds. The number of aromatic nitrogens is 2. The van der Waals surface area contributed by atoms with Crippen molar-refractivity contribution in [2.75, 3.05) is 12.8 Å². The molecular weight excluding hydrogens is 342 g/mol. The third kappa shape index (κ3) is 2.88. The molecular formula is C14H15BrClN3O. The van der Waals surface area contributed by atoms with Gasteiger partial charge in [-0.05, 0) is 34.5 Å². The van der Waals surface area contributed by atoms with Crippen LogP contribution in [0.3, 0.4) is 0 Å². The number of ether oxygens (including phenoxy) is 1. The van der Waals surface area contributed by atoms with E-state index in [0.717, 1.165) is 23.0 Å². The van der Waals surface area contributed by atoms with Gasteiger partial charge in [-0.15, -0.1) is 0 Å². The number of anilines is 1. The molecule has 0 saturated carbocycles. The second-order valence-corrected chi connectivity index (χ2v) is 5.46. The van der Waals surface area contributed by atoms with E-state index in [9.17, 15) is 0 Å². The van der Waals surface area contributed by atoms with E-state index in [0.29, 0.717) is 28.0 Å². The van der Waals surface area contributed by atoms with Crippen LogP contribution in [0, 0.1) is 0 Å². The molecule has 1 aromatic carbocycles. The van der Waals surface area contributed by atoms with Crippen molar-refractivity contribution in [3.8, 4) is 17.1 Å². The van der Waals surface area contributed by atoms with Crippen LogP contribution in [0.4, 0.5) is 5.82 Å². The van der Waals surface area contributed by atoms with Crippen LogP contribution >= 0.6 is 27.5 Å². The highest BCUT2D eigenvalue weighted by Crippen LogP contribution is 2.36. The summed E-state index contributed by atoms with van der Waals surface area (Å²) >= 11 is 9.68. The van der Waals surface area contributed by atoms with E-state index in [2.05, 4.69) is 32.8 Å². The lowest BCUT2D eigenvalue weighted by Crippen LogP contribution is -2.04. The average molecular weight is 357 g/mol. The quantitative estimate of drug-likeness (QED) is 0.896. The first-order chi connectivity index (χ1) is 9.58. The molecule has 0 aliphatic heterocycles. The van der Waals surface area contributed by atoms with E-state index in [1.165, 1.54) is 0 Å². The topological polar surface area (TPSA) is 61.0 Å². The van der Waals surface area contributed by atoms with Gasteiger partial charge in [0.15, 0.2) is 5.82 Å². The van der Waals surface area contributed by atoms with E-state index in [1.54, 1.807) is 13.2 Å². The number of rotatable bonds is 4. The smallest absolute Gasteiger partial charge is 0.167 e. The first kappa shape index (κ1) is 15.1. The maximum atomic E-state index is 6.25. The molecule has 106 valence electrons. The van der Waals surface area contributed by atoms with Crippen LogP contribution in [0.2, 0.25) is 5.02 Å². The van der Waals surface area contributed by atoms with Gasteiger partial charge in [-0.25, -0.2) is 9.97 Å². The van der Waals surface area contributed by atoms with Gasteiger partial charge in [0, 0.05) is 0 Å². The highest BCUT2D eigenvalue weighted by atomic mass is 79.9. The van der Waals surface area contributed by atoms with Crippen LogP contribution in [0.1, 0.15) is 19.0 Å². The van der Waals surface area contributed by atoms with Crippen molar-refractivity contribution < 1.29 is 4.74 Å². The fourth-order valence-electron chi connectivity index (χ4n) is 1.92. The van der Waals surface area contributed by atoms with Crippen molar-refractivity contribution in [3.63, 3.8) is 0 Å². The molecule has 0 radical (unpaired) electrons. The third-order valence-corrected chi connectivity index (χ3v) is 4.03. The van der Waals surface area contributed by atoms with Gasteiger partial charge in [0.2, 0.25) is 0 Å². The van der Waals surface area contributed by atoms with Crippen LogP contribution in [-0.2, 0) is 6.42 Å². The van der Waals surface area contributed by atoms with Crippen molar-refractivity contribution in [2.45, 2.75) is 19.8 Å². The summed E-state index contributed by atoms with van der Waals surface area (Å²) in [6, 6.07) is 5.42. The van der Waals surface area contributed by atoms with Crippen molar-refractivity contribution >= 4 is 33.3 Å². The van der Waals surface area contributed by atoms with Crippen molar-refractivity contribution in [1.29, 1.82) is 0 Å². The Balaban J connectivity index is 2.64. The van der Waals surface area contributed by atoms with Crippen LogP contribution in [0.15, 0.2) is 22.7 Å². The van der Waals surface area contributed by atoms with Crippen LogP contribution in [0.25, 0.3) is 11.4 Å². The number of methoxy groups -OCH3 is 1. The Morgan fingerprint density at radius 3 is 2.75 bits per heavy atom. The largest absolute Gasteiger partial charge is 0.496 e. The Morgan fingerprint density at radius 1 is 1.35 bits per heavy atom. The number of nitrogen functional groups attached to an aromatic ring is 1. The molecule has 0 unspecified atom stereocenters. The lowest BCUT2D eigenvalue weighted by molar-refractivity contribution is 0.416. The van der Waals surface area contributed by atoms with Gasteiger partial charge in [-0.3, -0.25) is 0 Å². The zero-order valence-electron chi connectivity index (χ0n) is 11.3. The number of benzene rings is 1. The van der Waals surface area contributed by atoms with Crippen LogP contribution in [0.5, 0.6) is 5.75 Å². The summed E-state index contributed by atoms with van der Waals surface area (Å²) in [6.07, 6.45) is 1.78. The molecule has 20 heavy (non-hydrogen) atoms. The molecule has 0 bridgehead atoms. The van der Waals surface area contributed by atoms with Crippen molar-refractivity contribution in [3.05, 3.63) is 33.4 Å². The highest BCUT2D eigenvalue weighted by Gasteiger charge is 2.17. The summed E-state index contributed by atoms with van der Waals surface area (Å²) in [5, 5.41) is 0.536. The molecule has 0 atom stereocenters. The first-order valence-corrected chi connectivity index (χ1v) is 7.40. The maximum Gasteiger partial charge on any atom is 0.167 e. The predicted molar refractivity (Wildman–Crippen MR) is 85.1 cm³/mol. The summed E-state index contributed by atoms with van der Waals surface area (Å²) in [4.78, 5) is 8.87. The van der Waals surface area contributed by atoms with Gasteiger partial charge in [0.25, 0.3) is 0 Å². The zero-order valence-corrected chi connectivity index (χ0v) is 13.6. The minimum Gasteiger partial charge on any atom is -0.496 e. The van der Waals surface area contributed by atoms with Crippen molar-refractivity contribution in [1.82, 2.24) is 9.97 Å². The molecule has 2 rings (SSSR count). The average Bonchev–Trinajstić information content (AvgIpc) is 2.43. The first-order valence-electron chi connectivity index (χ1n) is 6.23. The Hall–Kier alpha value is -1.33. The molecule has 0 aliphatic carbocycles. The molecule has 4 nitrogen and oxygen atoms in total. The molecule has 2 N–H and O–H groups in total. The fourth-order valence-corrected chi connectivity index (χ4v) is 2.54. The van der Waals surface area contributed by atoms with Gasteiger partial charge in [-0.2, -0.15) is 0 Å². The second kappa shape index (κ2) is 6.41. The second-order valence-electron chi connectivity index (χ2n) is 4.26. The molecule has 0 fully saturated rings. The lowest BCUT2D eigenvalue weighted by Gasteiger charge is -2.12. The molecule has 0 saturated heterocycles. The Morgan fingerprint density at radius 2 is 2.10 bits per heavy atom. The summed E-state index contributed by atoms with van der Waals surface area (Å²) in [5.41, 5.74) is 7.48. The monoisotopic (exact) mass is 355 g/mol. The van der Waals surface area contributed by atoms with Crippen LogP contribution in [-0.4, -0.2) is 17.1 Å². The summed E-state index contributed by atoms with van der Waals surface area (Å²) < 4.78 is 6.08. The number of nitrogens with zero attached hydrogens (tertiary/aromatic N) is 2. The number of halogens is 2. The van der Waals surface area contributed by atoms with Crippen LogP contribution < -0.4 is 10.5 Å². The molecule has 1 aromatic heterocycles. The third-order valence-electron chi connectivity index (χ3n) is 2.85. The number of hydrogen-bond acceptors (Lipinski definition) is 4. The highest BCUT2D eigenvalue weighted by molar-refractivity contribution is 9.10. The van der Waals surface area contributed by atoms with E-state index >= 15 is 0 Å². The maximum absolute atomic E-state index is 6.25. The molecule has 6 heteroatoms. The minimum atomic E-state index is 0.403.